The summed E-state index contributed by atoms with van der Waals surface area (Å²) < 4.78 is 5.38. The third-order valence-corrected chi connectivity index (χ3v) is 4.94. The van der Waals surface area contributed by atoms with Crippen LogP contribution in [0.2, 0.25) is 0 Å². The molecular formula is C21H27N5O2S. The van der Waals surface area contributed by atoms with Gasteiger partial charge in [-0.2, -0.15) is 0 Å². The summed E-state index contributed by atoms with van der Waals surface area (Å²) in [5, 5.41) is 0.881. The first kappa shape index (κ1) is 22.3. The number of aromatic nitrogens is 1. The molecule has 1 unspecified atom stereocenters. The van der Waals surface area contributed by atoms with Gasteiger partial charge in [0.15, 0.2) is 12.2 Å². The zero-order valence-electron chi connectivity index (χ0n) is 17.5. The molecule has 0 radical (unpaired) electrons. The Bertz CT molecular complexity index is 946. The van der Waals surface area contributed by atoms with Crippen LogP contribution < -0.4 is 4.90 Å². The fourth-order valence-electron chi connectivity index (χ4n) is 2.58. The van der Waals surface area contributed by atoms with E-state index in [-0.39, 0.29) is 6.04 Å². The number of anilines is 1. The Morgan fingerprint density at radius 2 is 2.17 bits per heavy atom. The topological polar surface area (TPSA) is 70.4 Å². The summed E-state index contributed by atoms with van der Waals surface area (Å²) in [6.07, 6.45) is 9.74. The molecule has 0 saturated heterocycles. The fourth-order valence-corrected chi connectivity index (χ4v) is 3.51. The molecule has 0 amide bonds. The summed E-state index contributed by atoms with van der Waals surface area (Å²) in [7, 11) is 5.79. The summed E-state index contributed by atoms with van der Waals surface area (Å²) >= 11 is 1.34. The SMILES string of the molecule is C=CCOC(C)=NC(C)/C=C/N(C)C=Nc1c(C=O)sc2nccc(N(C)C)c12. The van der Waals surface area contributed by atoms with Crippen molar-refractivity contribution in [3.05, 3.63) is 42.1 Å². The van der Waals surface area contributed by atoms with Crippen LogP contribution in [-0.4, -0.2) is 62.2 Å². The lowest BCUT2D eigenvalue weighted by molar-refractivity contribution is 0.112. The highest BCUT2D eigenvalue weighted by Crippen LogP contribution is 2.40. The van der Waals surface area contributed by atoms with Gasteiger partial charge < -0.3 is 14.5 Å². The highest BCUT2D eigenvalue weighted by atomic mass is 32.1. The predicted molar refractivity (Wildman–Crippen MR) is 123 cm³/mol. The molecule has 0 saturated carbocycles. The Hall–Kier alpha value is -3.00. The van der Waals surface area contributed by atoms with Crippen molar-refractivity contribution >= 4 is 51.5 Å². The molecule has 7 nitrogen and oxygen atoms in total. The normalized spacial score (nSPS) is 13.2. The summed E-state index contributed by atoms with van der Waals surface area (Å²) in [6, 6.07) is 1.87. The van der Waals surface area contributed by atoms with Gasteiger partial charge in [0.2, 0.25) is 0 Å². The summed E-state index contributed by atoms with van der Waals surface area (Å²) in [5.41, 5.74) is 1.61. The van der Waals surface area contributed by atoms with Crippen molar-refractivity contribution in [2.45, 2.75) is 19.9 Å². The van der Waals surface area contributed by atoms with Crippen LogP contribution in [-0.2, 0) is 4.74 Å². The van der Waals surface area contributed by atoms with Crippen molar-refractivity contribution in [1.82, 2.24) is 9.88 Å². The molecule has 2 rings (SSSR count). The molecule has 29 heavy (non-hydrogen) atoms. The fraction of sp³-hybridized carbons (Fsp3) is 0.333. The number of nitrogens with zero attached hydrogens (tertiary/aromatic N) is 5. The summed E-state index contributed by atoms with van der Waals surface area (Å²) in [4.78, 5) is 30.1. The Kier molecular flexibility index (Phi) is 8.09. The Balaban J connectivity index is 2.21. The number of hydrogen-bond donors (Lipinski definition) is 0. The second-order valence-corrected chi connectivity index (χ2v) is 7.61. The molecule has 0 N–H and O–H groups in total. The van der Waals surface area contributed by atoms with Crippen LogP contribution in [0.4, 0.5) is 11.4 Å². The Morgan fingerprint density at radius 3 is 2.83 bits per heavy atom. The largest absolute Gasteiger partial charge is 0.477 e. The molecule has 8 heteroatoms. The van der Waals surface area contributed by atoms with Crippen molar-refractivity contribution in [3.8, 4) is 0 Å². The van der Waals surface area contributed by atoms with E-state index in [0.29, 0.717) is 23.1 Å². The maximum Gasteiger partial charge on any atom is 0.180 e. The molecule has 0 aliphatic rings. The van der Waals surface area contributed by atoms with Gasteiger partial charge in [0.05, 0.1) is 34.0 Å². The van der Waals surface area contributed by atoms with Crippen LogP contribution in [0.5, 0.6) is 0 Å². The zero-order valence-corrected chi connectivity index (χ0v) is 18.3. The lowest BCUT2D eigenvalue weighted by atomic mass is 10.2. The van der Waals surface area contributed by atoms with E-state index in [2.05, 4.69) is 21.5 Å². The molecule has 0 spiro atoms. The number of rotatable bonds is 9. The van der Waals surface area contributed by atoms with E-state index < -0.39 is 0 Å². The van der Waals surface area contributed by atoms with Crippen molar-refractivity contribution in [1.29, 1.82) is 0 Å². The van der Waals surface area contributed by atoms with Gasteiger partial charge in [0.1, 0.15) is 11.4 Å². The smallest absolute Gasteiger partial charge is 0.180 e. The van der Waals surface area contributed by atoms with Gasteiger partial charge in [-0.1, -0.05) is 12.7 Å². The number of aliphatic imine (C=N–C) groups is 2. The molecule has 0 bridgehead atoms. The standard InChI is InChI=1S/C21H27N5O2S/c1-7-12-28-16(3)24-15(2)9-11-26(6)14-23-20-18(13-27)29-21-19(20)17(25(4)5)8-10-22-21/h7-11,13-15H,1,12H2,2-6H3/b11-9+,23-14?,24-16?. The van der Waals surface area contributed by atoms with E-state index in [4.69, 9.17) is 4.74 Å². The average Bonchev–Trinajstić information content (AvgIpc) is 3.06. The molecule has 0 aliphatic heterocycles. The van der Waals surface area contributed by atoms with Gasteiger partial charge in [-0.05, 0) is 19.1 Å². The number of carbonyl (C=O) groups is 1. The maximum atomic E-state index is 11.6. The molecule has 2 aromatic rings. The van der Waals surface area contributed by atoms with E-state index in [1.54, 1.807) is 18.6 Å². The maximum absolute atomic E-state index is 11.6. The first-order valence-corrected chi connectivity index (χ1v) is 9.95. The van der Waals surface area contributed by atoms with Crippen LogP contribution in [0.15, 0.2) is 47.2 Å². The minimum atomic E-state index is -0.0484. The number of pyridine rings is 1. The van der Waals surface area contributed by atoms with E-state index in [1.165, 1.54) is 11.3 Å². The summed E-state index contributed by atoms with van der Waals surface area (Å²) in [6.45, 7) is 7.84. The number of hydrogen-bond acceptors (Lipinski definition) is 7. The van der Waals surface area contributed by atoms with Crippen molar-refractivity contribution < 1.29 is 9.53 Å². The lowest BCUT2D eigenvalue weighted by Gasteiger charge is -2.14. The van der Waals surface area contributed by atoms with Crippen LogP contribution in [0.3, 0.4) is 0 Å². The monoisotopic (exact) mass is 413 g/mol. The van der Waals surface area contributed by atoms with Gasteiger partial charge >= 0.3 is 0 Å². The van der Waals surface area contributed by atoms with Gasteiger partial charge in [-0.25, -0.2) is 15.0 Å². The second-order valence-electron chi connectivity index (χ2n) is 6.58. The number of carbonyl (C=O) groups excluding carboxylic acids is 1. The zero-order chi connectivity index (χ0) is 21.4. The molecule has 0 aromatic carbocycles. The quantitative estimate of drug-likeness (QED) is 0.265. The average molecular weight is 414 g/mol. The van der Waals surface area contributed by atoms with Crippen LogP contribution in [0, 0.1) is 0 Å². The van der Waals surface area contributed by atoms with Gasteiger partial charge in [0, 0.05) is 40.5 Å². The number of ether oxygens (including phenoxy) is 1. The molecule has 2 heterocycles. The molecule has 0 fully saturated rings. The number of fused-ring (bicyclic) bond motifs is 1. The van der Waals surface area contributed by atoms with Gasteiger partial charge in [0.25, 0.3) is 0 Å². The third-order valence-electron chi connectivity index (χ3n) is 3.92. The number of thiophene rings is 1. The number of aldehydes is 1. The van der Waals surface area contributed by atoms with E-state index >= 15 is 0 Å². The minimum absolute atomic E-state index is 0.0484. The van der Waals surface area contributed by atoms with E-state index in [1.807, 2.05) is 63.1 Å². The van der Waals surface area contributed by atoms with Gasteiger partial charge in [-0.3, -0.25) is 4.79 Å². The van der Waals surface area contributed by atoms with Crippen molar-refractivity contribution in [2.75, 3.05) is 32.6 Å². The van der Waals surface area contributed by atoms with Crippen LogP contribution >= 0.6 is 11.3 Å². The Morgan fingerprint density at radius 1 is 1.41 bits per heavy atom. The second kappa shape index (κ2) is 10.5. The van der Waals surface area contributed by atoms with E-state index in [9.17, 15) is 4.79 Å². The summed E-state index contributed by atoms with van der Waals surface area (Å²) in [5.74, 6) is 0.613. The highest BCUT2D eigenvalue weighted by molar-refractivity contribution is 7.21. The first-order valence-electron chi connectivity index (χ1n) is 9.14. The van der Waals surface area contributed by atoms with Crippen molar-refractivity contribution in [3.63, 3.8) is 0 Å². The molecule has 1 atom stereocenters. The predicted octanol–water partition coefficient (Wildman–Crippen LogP) is 4.29. The van der Waals surface area contributed by atoms with Gasteiger partial charge in [-0.15, -0.1) is 11.3 Å². The lowest BCUT2D eigenvalue weighted by Crippen LogP contribution is -2.10. The molecular weight excluding hydrogens is 386 g/mol. The molecule has 2 aromatic heterocycles. The minimum Gasteiger partial charge on any atom is -0.477 e. The third kappa shape index (κ3) is 5.99. The first-order chi connectivity index (χ1) is 13.9. The van der Waals surface area contributed by atoms with Crippen LogP contribution in [0.1, 0.15) is 23.5 Å². The van der Waals surface area contributed by atoms with E-state index in [0.717, 1.165) is 22.2 Å². The molecule has 154 valence electrons. The Labute approximate surface area is 175 Å². The van der Waals surface area contributed by atoms with Crippen molar-refractivity contribution in [2.24, 2.45) is 9.98 Å². The molecule has 0 aliphatic carbocycles. The van der Waals surface area contributed by atoms with Crippen LogP contribution in [0.25, 0.3) is 10.2 Å². The highest BCUT2D eigenvalue weighted by Gasteiger charge is 2.16.